The van der Waals surface area contributed by atoms with E-state index in [2.05, 4.69) is 9.97 Å². The molecular weight excluding hydrogens is 266 g/mol. The van der Waals surface area contributed by atoms with Crippen molar-refractivity contribution >= 4 is 5.97 Å². The molecule has 104 valence electrons. The van der Waals surface area contributed by atoms with E-state index in [9.17, 15) is 13.6 Å². The molecule has 0 aliphatic carbocycles. The summed E-state index contributed by atoms with van der Waals surface area (Å²) in [4.78, 5) is 19.1. The maximum Gasteiger partial charge on any atom is 0.339 e. The molecular formula is C14H12F2N2O2. The van der Waals surface area contributed by atoms with Crippen LogP contribution in [0.15, 0.2) is 24.4 Å². The number of carboxylic acid groups (broad SMARTS) is 1. The molecule has 0 radical (unpaired) electrons. The first-order valence-electron chi connectivity index (χ1n) is 5.95. The van der Waals surface area contributed by atoms with Crippen LogP contribution in [0.2, 0.25) is 0 Å². The molecule has 0 aliphatic rings. The summed E-state index contributed by atoms with van der Waals surface area (Å²) < 4.78 is 26.4. The van der Waals surface area contributed by atoms with Gasteiger partial charge in [0.2, 0.25) is 0 Å². The predicted molar refractivity (Wildman–Crippen MR) is 68.4 cm³/mol. The zero-order valence-electron chi connectivity index (χ0n) is 10.9. The van der Waals surface area contributed by atoms with Gasteiger partial charge in [0.25, 0.3) is 0 Å². The molecule has 1 aromatic carbocycles. The zero-order chi connectivity index (χ0) is 14.9. The van der Waals surface area contributed by atoms with Crippen molar-refractivity contribution in [2.24, 2.45) is 0 Å². The smallest absolute Gasteiger partial charge is 0.339 e. The summed E-state index contributed by atoms with van der Waals surface area (Å²) in [7, 11) is 0. The second kappa shape index (κ2) is 5.32. The van der Waals surface area contributed by atoms with Gasteiger partial charge in [-0.2, -0.15) is 0 Å². The molecule has 1 N–H and O–H groups in total. The third-order valence-corrected chi connectivity index (χ3v) is 2.72. The zero-order valence-corrected chi connectivity index (χ0v) is 10.9. The van der Waals surface area contributed by atoms with Gasteiger partial charge in [0, 0.05) is 17.8 Å². The molecule has 0 amide bonds. The van der Waals surface area contributed by atoms with Gasteiger partial charge in [-0.3, -0.25) is 0 Å². The summed E-state index contributed by atoms with van der Waals surface area (Å²) in [5.74, 6) is -2.67. The average Bonchev–Trinajstić information content (AvgIpc) is 2.36. The Balaban J connectivity index is 2.58. The number of benzene rings is 1. The highest BCUT2D eigenvalue weighted by atomic mass is 19.1. The molecule has 0 saturated carbocycles. The summed E-state index contributed by atoms with van der Waals surface area (Å²) in [6, 6.07) is 2.95. The van der Waals surface area contributed by atoms with Crippen molar-refractivity contribution in [3.05, 3.63) is 47.3 Å². The molecule has 1 heterocycles. The Bertz CT molecular complexity index is 652. The molecule has 6 heteroatoms. The minimum Gasteiger partial charge on any atom is -0.478 e. The molecule has 20 heavy (non-hydrogen) atoms. The third-order valence-electron chi connectivity index (χ3n) is 2.72. The van der Waals surface area contributed by atoms with Crippen molar-refractivity contribution in [2.45, 2.75) is 19.8 Å². The van der Waals surface area contributed by atoms with E-state index in [1.54, 1.807) is 13.8 Å². The minimum absolute atomic E-state index is 0.0133. The molecule has 0 aliphatic heterocycles. The largest absolute Gasteiger partial charge is 0.478 e. The number of nitrogens with zero attached hydrogens (tertiary/aromatic N) is 2. The summed E-state index contributed by atoms with van der Waals surface area (Å²) in [5, 5.41) is 9.06. The Morgan fingerprint density at radius 3 is 2.30 bits per heavy atom. The van der Waals surface area contributed by atoms with Crippen LogP contribution >= 0.6 is 0 Å². The van der Waals surface area contributed by atoms with Gasteiger partial charge in [-0.05, 0) is 18.1 Å². The number of hydrogen-bond acceptors (Lipinski definition) is 3. The molecule has 1 aromatic heterocycles. The lowest BCUT2D eigenvalue weighted by Crippen LogP contribution is -2.09. The van der Waals surface area contributed by atoms with Crippen LogP contribution < -0.4 is 0 Å². The molecule has 0 saturated heterocycles. The van der Waals surface area contributed by atoms with E-state index in [4.69, 9.17) is 5.11 Å². The number of aromatic carboxylic acids is 1. The first-order chi connectivity index (χ1) is 9.38. The lowest BCUT2D eigenvalue weighted by atomic mass is 10.0. The number of rotatable bonds is 3. The molecule has 2 aromatic rings. The summed E-state index contributed by atoms with van der Waals surface area (Å²) in [6.07, 6.45) is 1.16. The van der Waals surface area contributed by atoms with Crippen LogP contribution in [0.1, 0.15) is 35.8 Å². The Morgan fingerprint density at radius 2 is 1.80 bits per heavy atom. The van der Waals surface area contributed by atoms with Gasteiger partial charge in [-0.15, -0.1) is 0 Å². The van der Waals surface area contributed by atoms with Crippen LogP contribution in [-0.2, 0) is 0 Å². The second-order valence-corrected chi connectivity index (χ2v) is 4.61. The van der Waals surface area contributed by atoms with Crippen molar-refractivity contribution in [1.29, 1.82) is 0 Å². The molecule has 0 atom stereocenters. The highest BCUT2D eigenvalue weighted by Gasteiger charge is 2.17. The third kappa shape index (κ3) is 2.79. The Kier molecular flexibility index (Phi) is 3.74. The standard InChI is InChI=1S/C14H12F2N2O2/c1-7(2)12-11(14(19)20)6-17-13(18-12)8-3-9(15)5-10(16)4-8/h3-7H,1-2H3,(H,19,20). The maximum atomic E-state index is 13.2. The summed E-state index contributed by atoms with van der Waals surface area (Å²) in [6.45, 7) is 3.56. The molecule has 0 bridgehead atoms. The predicted octanol–water partition coefficient (Wildman–Crippen LogP) is 3.24. The highest BCUT2D eigenvalue weighted by Crippen LogP contribution is 2.22. The van der Waals surface area contributed by atoms with E-state index in [1.165, 1.54) is 0 Å². The van der Waals surface area contributed by atoms with Gasteiger partial charge in [0.05, 0.1) is 11.3 Å². The first-order valence-corrected chi connectivity index (χ1v) is 5.95. The van der Waals surface area contributed by atoms with Crippen molar-refractivity contribution in [2.75, 3.05) is 0 Å². The van der Waals surface area contributed by atoms with E-state index in [-0.39, 0.29) is 22.9 Å². The van der Waals surface area contributed by atoms with Gasteiger partial charge >= 0.3 is 5.97 Å². The van der Waals surface area contributed by atoms with Crippen molar-refractivity contribution < 1.29 is 18.7 Å². The van der Waals surface area contributed by atoms with Crippen molar-refractivity contribution in [3.8, 4) is 11.4 Å². The minimum atomic E-state index is -1.13. The average molecular weight is 278 g/mol. The summed E-state index contributed by atoms with van der Waals surface area (Å²) in [5.41, 5.74) is 0.481. The lowest BCUT2D eigenvalue weighted by Gasteiger charge is -2.10. The van der Waals surface area contributed by atoms with Crippen LogP contribution in [0.4, 0.5) is 8.78 Å². The van der Waals surface area contributed by atoms with Crippen LogP contribution in [0.3, 0.4) is 0 Å². The monoisotopic (exact) mass is 278 g/mol. The topological polar surface area (TPSA) is 63.1 Å². The highest BCUT2D eigenvalue weighted by molar-refractivity contribution is 5.88. The van der Waals surface area contributed by atoms with Crippen molar-refractivity contribution in [3.63, 3.8) is 0 Å². The van der Waals surface area contributed by atoms with E-state index < -0.39 is 17.6 Å². The molecule has 0 spiro atoms. The lowest BCUT2D eigenvalue weighted by molar-refractivity contribution is 0.0694. The fraction of sp³-hybridized carbons (Fsp3) is 0.214. The number of aromatic nitrogens is 2. The van der Waals surface area contributed by atoms with Gasteiger partial charge in [-0.1, -0.05) is 13.8 Å². The van der Waals surface area contributed by atoms with Crippen LogP contribution in [-0.4, -0.2) is 21.0 Å². The summed E-state index contributed by atoms with van der Waals surface area (Å²) >= 11 is 0. The van der Waals surface area contributed by atoms with Gasteiger partial charge in [0.15, 0.2) is 5.82 Å². The van der Waals surface area contributed by atoms with Gasteiger partial charge in [-0.25, -0.2) is 23.5 Å². The Morgan fingerprint density at radius 1 is 1.20 bits per heavy atom. The van der Waals surface area contributed by atoms with Crippen LogP contribution in [0.25, 0.3) is 11.4 Å². The Labute approximate surface area is 114 Å². The maximum absolute atomic E-state index is 13.2. The normalized spacial score (nSPS) is 10.8. The number of carboxylic acids is 1. The first kappa shape index (κ1) is 14.0. The number of hydrogen-bond donors (Lipinski definition) is 1. The molecule has 0 unspecified atom stereocenters. The SMILES string of the molecule is CC(C)c1nc(-c2cc(F)cc(F)c2)ncc1C(=O)O. The quantitative estimate of drug-likeness (QED) is 0.936. The molecule has 4 nitrogen and oxygen atoms in total. The second-order valence-electron chi connectivity index (χ2n) is 4.61. The van der Waals surface area contributed by atoms with E-state index in [1.807, 2.05) is 0 Å². The Hall–Kier alpha value is -2.37. The molecule has 0 fully saturated rings. The van der Waals surface area contributed by atoms with E-state index in [0.717, 1.165) is 24.4 Å². The van der Waals surface area contributed by atoms with Gasteiger partial charge < -0.3 is 5.11 Å². The van der Waals surface area contributed by atoms with Crippen LogP contribution in [0, 0.1) is 11.6 Å². The van der Waals surface area contributed by atoms with E-state index in [0.29, 0.717) is 5.69 Å². The molecule has 2 rings (SSSR count). The number of halogens is 2. The van der Waals surface area contributed by atoms with Gasteiger partial charge in [0.1, 0.15) is 11.6 Å². The number of carbonyl (C=O) groups is 1. The fourth-order valence-corrected chi connectivity index (χ4v) is 1.82. The van der Waals surface area contributed by atoms with Crippen molar-refractivity contribution in [1.82, 2.24) is 9.97 Å². The van der Waals surface area contributed by atoms with E-state index >= 15 is 0 Å². The van der Waals surface area contributed by atoms with Crippen LogP contribution in [0.5, 0.6) is 0 Å². The fourth-order valence-electron chi connectivity index (χ4n) is 1.82.